The van der Waals surface area contributed by atoms with Crippen molar-refractivity contribution in [3.8, 4) is 0 Å². The zero-order chi connectivity index (χ0) is 17.8. The number of hydrogen-bond acceptors (Lipinski definition) is 4. The van der Waals surface area contributed by atoms with Crippen molar-refractivity contribution < 1.29 is 13.2 Å². The summed E-state index contributed by atoms with van der Waals surface area (Å²) < 4.78 is 40.4. The number of benzene rings is 2. The quantitative estimate of drug-likeness (QED) is 0.712. The Morgan fingerprint density at radius 2 is 1.60 bits per heavy atom. The maximum Gasteiger partial charge on any atom is 0.225 e. The molecule has 0 bridgehead atoms. The monoisotopic (exact) mass is 344 g/mol. The molecule has 2 N–H and O–H groups in total. The van der Waals surface area contributed by atoms with Gasteiger partial charge in [0.25, 0.3) is 0 Å². The van der Waals surface area contributed by atoms with Crippen LogP contribution in [0.25, 0.3) is 0 Å². The summed E-state index contributed by atoms with van der Waals surface area (Å²) in [6.07, 6.45) is 0. The summed E-state index contributed by atoms with van der Waals surface area (Å²) in [6, 6.07) is 11.2. The molecule has 0 aliphatic carbocycles. The topological polar surface area (TPSA) is 49.8 Å². The predicted octanol–water partition coefficient (Wildman–Crippen LogP) is 4.56. The molecular formula is C18H15F3N4. The molecule has 0 amide bonds. The fourth-order valence-electron chi connectivity index (χ4n) is 2.24. The Morgan fingerprint density at radius 1 is 0.920 bits per heavy atom. The van der Waals surface area contributed by atoms with Gasteiger partial charge in [-0.1, -0.05) is 18.2 Å². The molecule has 128 valence electrons. The minimum Gasteiger partial charge on any atom is -0.350 e. The van der Waals surface area contributed by atoms with Gasteiger partial charge in [0.05, 0.1) is 0 Å². The Bertz CT molecular complexity index is 862. The standard InChI is InChI=1S/C18H15F3N4/c1-11-9-16(24-17-14(20)3-2-4-15(17)21)25-18(23-11)22-10-12-5-7-13(19)8-6-12/h2-9H,10H2,1H3,(H2,22,23,24,25). The third-order valence-corrected chi connectivity index (χ3v) is 3.43. The average molecular weight is 344 g/mol. The van der Waals surface area contributed by atoms with Gasteiger partial charge in [-0.2, -0.15) is 4.98 Å². The lowest BCUT2D eigenvalue weighted by atomic mass is 10.2. The summed E-state index contributed by atoms with van der Waals surface area (Å²) in [6.45, 7) is 2.13. The van der Waals surface area contributed by atoms with Crippen LogP contribution in [0.2, 0.25) is 0 Å². The van der Waals surface area contributed by atoms with Crippen LogP contribution in [-0.2, 0) is 6.54 Å². The number of halogens is 3. The maximum absolute atomic E-state index is 13.7. The van der Waals surface area contributed by atoms with E-state index in [2.05, 4.69) is 20.6 Å². The highest BCUT2D eigenvalue weighted by Gasteiger charge is 2.10. The van der Waals surface area contributed by atoms with Gasteiger partial charge < -0.3 is 10.6 Å². The molecule has 0 atom stereocenters. The van der Waals surface area contributed by atoms with Crippen molar-refractivity contribution in [1.29, 1.82) is 0 Å². The molecule has 0 aliphatic rings. The van der Waals surface area contributed by atoms with Crippen LogP contribution >= 0.6 is 0 Å². The van der Waals surface area contributed by atoms with Gasteiger partial charge in [0.2, 0.25) is 5.95 Å². The fraction of sp³-hybridized carbons (Fsp3) is 0.111. The molecule has 0 aliphatic heterocycles. The normalized spacial score (nSPS) is 10.6. The number of nitrogens with zero attached hydrogens (tertiary/aromatic N) is 2. The predicted molar refractivity (Wildman–Crippen MR) is 90.1 cm³/mol. The summed E-state index contributed by atoms with van der Waals surface area (Å²) in [4.78, 5) is 8.43. The number of hydrogen-bond donors (Lipinski definition) is 2. The van der Waals surface area contributed by atoms with Gasteiger partial charge in [-0.3, -0.25) is 0 Å². The van der Waals surface area contributed by atoms with Crippen LogP contribution in [0.1, 0.15) is 11.3 Å². The second-order valence-corrected chi connectivity index (χ2v) is 5.42. The zero-order valence-corrected chi connectivity index (χ0v) is 13.4. The van der Waals surface area contributed by atoms with Crippen molar-refractivity contribution in [2.45, 2.75) is 13.5 Å². The van der Waals surface area contributed by atoms with E-state index in [1.807, 2.05) is 0 Å². The van der Waals surface area contributed by atoms with E-state index in [0.717, 1.165) is 17.7 Å². The van der Waals surface area contributed by atoms with Crippen molar-refractivity contribution in [2.75, 3.05) is 10.6 Å². The van der Waals surface area contributed by atoms with Crippen molar-refractivity contribution in [3.05, 3.63) is 77.2 Å². The smallest absolute Gasteiger partial charge is 0.225 e. The second kappa shape index (κ2) is 7.21. The van der Waals surface area contributed by atoms with E-state index in [0.29, 0.717) is 18.2 Å². The fourth-order valence-corrected chi connectivity index (χ4v) is 2.24. The molecule has 0 unspecified atom stereocenters. The van der Waals surface area contributed by atoms with Crippen LogP contribution in [0, 0.1) is 24.4 Å². The summed E-state index contributed by atoms with van der Waals surface area (Å²) in [5, 5.41) is 5.64. The summed E-state index contributed by atoms with van der Waals surface area (Å²) in [7, 11) is 0. The number of aromatic nitrogens is 2. The van der Waals surface area contributed by atoms with E-state index in [9.17, 15) is 13.2 Å². The molecule has 25 heavy (non-hydrogen) atoms. The summed E-state index contributed by atoms with van der Waals surface area (Å²) >= 11 is 0. The van der Waals surface area contributed by atoms with Gasteiger partial charge in [-0.25, -0.2) is 18.2 Å². The highest BCUT2D eigenvalue weighted by molar-refractivity contribution is 5.59. The zero-order valence-electron chi connectivity index (χ0n) is 13.4. The highest BCUT2D eigenvalue weighted by atomic mass is 19.1. The minimum absolute atomic E-state index is 0.262. The van der Waals surface area contributed by atoms with E-state index in [1.54, 1.807) is 25.1 Å². The highest BCUT2D eigenvalue weighted by Crippen LogP contribution is 2.23. The van der Waals surface area contributed by atoms with Gasteiger partial charge in [-0.05, 0) is 36.8 Å². The van der Waals surface area contributed by atoms with Crippen molar-refractivity contribution in [3.63, 3.8) is 0 Å². The molecule has 0 saturated carbocycles. The SMILES string of the molecule is Cc1cc(Nc2c(F)cccc2F)nc(NCc2ccc(F)cc2)n1. The molecule has 2 aromatic carbocycles. The third-order valence-electron chi connectivity index (χ3n) is 3.43. The molecule has 7 heteroatoms. The number of para-hydroxylation sites is 1. The van der Waals surface area contributed by atoms with Gasteiger partial charge in [0, 0.05) is 18.3 Å². The molecular weight excluding hydrogens is 329 g/mol. The first-order valence-corrected chi connectivity index (χ1v) is 7.56. The molecule has 4 nitrogen and oxygen atoms in total. The first-order valence-electron chi connectivity index (χ1n) is 7.56. The number of nitrogens with one attached hydrogen (secondary N) is 2. The lowest BCUT2D eigenvalue weighted by molar-refractivity contribution is 0.590. The van der Waals surface area contributed by atoms with Crippen LogP contribution in [-0.4, -0.2) is 9.97 Å². The maximum atomic E-state index is 13.7. The van der Waals surface area contributed by atoms with Gasteiger partial charge in [0.1, 0.15) is 29.0 Å². The lowest BCUT2D eigenvalue weighted by Gasteiger charge is -2.11. The first-order chi connectivity index (χ1) is 12.0. The first kappa shape index (κ1) is 16.8. The van der Waals surface area contributed by atoms with E-state index in [1.165, 1.54) is 18.2 Å². The number of aryl methyl sites for hydroxylation is 1. The van der Waals surface area contributed by atoms with Crippen LogP contribution in [0.4, 0.5) is 30.6 Å². The molecule has 0 saturated heterocycles. The van der Waals surface area contributed by atoms with Gasteiger partial charge >= 0.3 is 0 Å². The molecule has 0 fully saturated rings. The third kappa shape index (κ3) is 4.26. The van der Waals surface area contributed by atoms with Gasteiger partial charge in [-0.15, -0.1) is 0 Å². The lowest BCUT2D eigenvalue weighted by Crippen LogP contribution is -2.07. The molecule has 3 rings (SSSR count). The molecule has 1 aromatic heterocycles. The van der Waals surface area contributed by atoms with Crippen LogP contribution < -0.4 is 10.6 Å². The largest absolute Gasteiger partial charge is 0.350 e. The summed E-state index contributed by atoms with van der Waals surface area (Å²) in [5.74, 6) is -1.18. The second-order valence-electron chi connectivity index (χ2n) is 5.42. The minimum atomic E-state index is -0.711. The average Bonchev–Trinajstić information content (AvgIpc) is 2.57. The van der Waals surface area contributed by atoms with Crippen LogP contribution in [0.3, 0.4) is 0 Å². The summed E-state index contributed by atoms with van der Waals surface area (Å²) in [5.41, 5.74) is 1.20. The van der Waals surface area contributed by atoms with E-state index in [4.69, 9.17) is 0 Å². The Balaban J connectivity index is 1.77. The Labute approximate surface area is 142 Å². The Hall–Kier alpha value is -3.09. The van der Waals surface area contributed by atoms with Crippen molar-refractivity contribution >= 4 is 17.5 Å². The molecule has 1 heterocycles. The van der Waals surface area contributed by atoms with E-state index >= 15 is 0 Å². The van der Waals surface area contributed by atoms with Crippen LogP contribution in [0.15, 0.2) is 48.5 Å². The number of rotatable bonds is 5. The Kier molecular flexibility index (Phi) is 4.83. The number of anilines is 3. The van der Waals surface area contributed by atoms with Crippen molar-refractivity contribution in [1.82, 2.24) is 9.97 Å². The Morgan fingerprint density at radius 3 is 2.28 bits per heavy atom. The van der Waals surface area contributed by atoms with Crippen LogP contribution in [0.5, 0.6) is 0 Å². The van der Waals surface area contributed by atoms with Gasteiger partial charge in [0.15, 0.2) is 0 Å². The molecule has 0 spiro atoms. The molecule has 3 aromatic rings. The van der Waals surface area contributed by atoms with E-state index in [-0.39, 0.29) is 17.3 Å². The van der Waals surface area contributed by atoms with Crippen molar-refractivity contribution in [2.24, 2.45) is 0 Å². The molecule has 0 radical (unpaired) electrons. The van der Waals surface area contributed by atoms with E-state index < -0.39 is 11.6 Å².